The molecular weight excluding hydrogens is 212 g/mol. The number of carbonyl (C=O) groups is 2. The lowest BCUT2D eigenvalue weighted by molar-refractivity contribution is 0.0532. The minimum Gasteiger partial charge on any atom is -0.507 e. The molecule has 0 saturated carbocycles. The maximum absolute atomic E-state index is 11.5. The molecule has 0 fully saturated rings. The smallest absolute Gasteiger partial charge is 0.342 e. The van der Waals surface area contributed by atoms with Gasteiger partial charge in [-0.3, -0.25) is 4.79 Å². The number of rotatable bonds is 2. The van der Waals surface area contributed by atoms with Gasteiger partial charge in [0.15, 0.2) is 6.29 Å². The van der Waals surface area contributed by atoms with Crippen molar-refractivity contribution in [3.05, 3.63) is 22.3 Å². The zero-order chi connectivity index (χ0) is 11.9. The molecule has 0 bridgehead atoms. The van der Waals surface area contributed by atoms with Gasteiger partial charge in [0.25, 0.3) is 0 Å². The first-order valence-corrected chi connectivity index (χ1v) is 4.66. The van der Waals surface area contributed by atoms with Crippen molar-refractivity contribution in [3.8, 4) is 11.5 Å². The molecular formula is C11H10O5. The van der Waals surface area contributed by atoms with Gasteiger partial charge in [0.1, 0.15) is 23.7 Å². The fourth-order valence-electron chi connectivity index (χ4n) is 1.87. The number of phenols is 1. The molecule has 0 saturated heterocycles. The normalized spacial score (nSPS) is 13.2. The second kappa shape index (κ2) is 3.52. The van der Waals surface area contributed by atoms with Crippen molar-refractivity contribution >= 4 is 12.3 Å². The second-order valence-corrected chi connectivity index (χ2v) is 3.47. The third kappa shape index (κ3) is 1.18. The average Bonchev–Trinajstić information content (AvgIpc) is 2.63. The van der Waals surface area contributed by atoms with Crippen LogP contribution < -0.4 is 4.74 Å². The maximum atomic E-state index is 11.5. The van der Waals surface area contributed by atoms with Gasteiger partial charge in [-0.25, -0.2) is 4.79 Å². The number of carbonyl (C=O) groups excluding carboxylic acids is 2. The molecule has 1 aliphatic rings. The summed E-state index contributed by atoms with van der Waals surface area (Å²) in [6.07, 6.45) is 0.516. The van der Waals surface area contributed by atoms with E-state index in [9.17, 15) is 14.7 Å². The third-order valence-corrected chi connectivity index (χ3v) is 2.68. The van der Waals surface area contributed by atoms with Gasteiger partial charge in [-0.05, 0) is 6.92 Å². The molecule has 16 heavy (non-hydrogen) atoms. The molecule has 1 heterocycles. The summed E-state index contributed by atoms with van der Waals surface area (Å²) in [4.78, 5) is 22.4. The van der Waals surface area contributed by atoms with Gasteiger partial charge in [-0.15, -0.1) is 0 Å². The van der Waals surface area contributed by atoms with Crippen LogP contribution in [0.15, 0.2) is 0 Å². The Hall–Kier alpha value is -2.04. The van der Waals surface area contributed by atoms with Gasteiger partial charge >= 0.3 is 5.97 Å². The number of cyclic esters (lactones) is 1. The highest BCUT2D eigenvalue weighted by Crippen LogP contribution is 2.40. The number of fused-ring (bicyclic) bond motifs is 1. The molecule has 0 atom stereocenters. The number of methoxy groups -OCH3 is 1. The average molecular weight is 222 g/mol. The molecule has 5 heteroatoms. The van der Waals surface area contributed by atoms with Gasteiger partial charge < -0.3 is 14.6 Å². The lowest BCUT2D eigenvalue weighted by Gasteiger charge is -2.12. The van der Waals surface area contributed by atoms with Crippen molar-refractivity contribution in [2.45, 2.75) is 13.5 Å². The molecule has 5 nitrogen and oxygen atoms in total. The minimum absolute atomic E-state index is 0.00750. The molecule has 1 aliphatic heterocycles. The standard InChI is InChI=1S/C11H10O5/c1-5-9(13)6(3-12)7-4-16-11(14)8(7)10(5)15-2/h3,13H,4H2,1-2H3. The van der Waals surface area contributed by atoms with Gasteiger partial charge in [-0.2, -0.15) is 0 Å². The first kappa shape index (κ1) is 10.5. The molecule has 0 aromatic heterocycles. The van der Waals surface area contributed by atoms with Gasteiger partial charge in [0.05, 0.1) is 12.7 Å². The Bertz CT molecular complexity index is 490. The number of benzene rings is 1. The summed E-state index contributed by atoms with van der Waals surface area (Å²) >= 11 is 0. The Kier molecular flexibility index (Phi) is 2.30. The Morgan fingerprint density at radius 1 is 1.50 bits per heavy atom. The van der Waals surface area contributed by atoms with E-state index >= 15 is 0 Å². The largest absolute Gasteiger partial charge is 0.507 e. The van der Waals surface area contributed by atoms with Crippen LogP contribution in [-0.2, 0) is 11.3 Å². The monoisotopic (exact) mass is 222 g/mol. The van der Waals surface area contributed by atoms with E-state index in [1.165, 1.54) is 7.11 Å². The van der Waals surface area contributed by atoms with E-state index in [0.29, 0.717) is 17.4 Å². The van der Waals surface area contributed by atoms with E-state index in [4.69, 9.17) is 9.47 Å². The Balaban J connectivity index is 2.86. The van der Waals surface area contributed by atoms with Crippen molar-refractivity contribution < 1.29 is 24.2 Å². The highest BCUT2D eigenvalue weighted by atomic mass is 16.5. The molecule has 84 valence electrons. The minimum atomic E-state index is -0.530. The number of hydrogen-bond donors (Lipinski definition) is 1. The molecule has 0 amide bonds. The molecule has 0 radical (unpaired) electrons. The van der Waals surface area contributed by atoms with Crippen LogP contribution in [0.4, 0.5) is 0 Å². The van der Waals surface area contributed by atoms with E-state index in [1.807, 2.05) is 0 Å². The lowest BCUT2D eigenvalue weighted by atomic mass is 9.97. The number of phenolic OH excluding ortho intramolecular Hbond substituents is 1. The van der Waals surface area contributed by atoms with Gasteiger partial charge in [-0.1, -0.05) is 0 Å². The second-order valence-electron chi connectivity index (χ2n) is 3.47. The number of hydrogen-bond acceptors (Lipinski definition) is 5. The number of esters is 1. The molecule has 1 aromatic carbocycles. The van der Waals surface area contributed by atoms with Crippen LogP contribution in [0.3, 0.4) is 0 Å². The van der Waals surface area contributed by atoms with Crippen molar-refractivity contribution in [2.24, 2.45) is 0 Å². The Labute approximate surface area is 91.6 Å². The van der Waals surface area contributed by atoms with Crippen molar-refractivity contribution in [2.75, 3.05) is 7.11 Å². The zero-order valence-corrected chi connectivity index (χ0v) is 8.86. The van der Waals surface area contributed by atoms with E-state index in [0.717, 1.165) is 0 Å². The van der Waals surface area contributed by atoms with Crippen LogP contribution in [0.5, 0.6) is 11.5 Å². The van der Waals surface area contributed by atoms with Crippen molar-refractivity contribution in [1.29, 1.82) is 0 Å². The molecule has 1 aromatic rings. The summed E-state index contributed by atoms with van der Waals surface area (Å²) in [5.41, 5.74) is 1.08. The van der Waals surface area contributed by atoms with Crippen LogP contribution >= 0.6 is 0 Å². The van der Waals surface area contributed by atoms with Gasteiger partial charge in [0.2, 0.25) is 0 Å². The third-order valence-electron chi connectivity index (χ3n) is 2.68. The summed E-state index contributed by atoms with van der Waals surface area (Å²) in [6, 6.07) is 0. The van der Waals surface area contributed by atoms with Gasteiger partial charge in [0, 0.05) is 11.1 Å². The summed E-state index contributed by atoms with van der Waals surface area (Å²) in [7, 11) is 1.40. The quantitative estimate of drug-likeness (QED) is 0.601. The Morgan fingerprint density at radius 3 is 2.75 bits per heavy atom. The number of aromatic hydroxyl groups is 1. The summed E-state index contributed by atoms with van der Waals surface area (Å²) < 4.78 is 9.89. The number of ether oxygens (including phenoxy) is 2. The highest BCUT2D eigenvalue weighted by molar-refractivity contribution is 6.01. The first-order chi connectivity index (χ1) is 7.61. The van der Waals surface area contributed by atoms with Crippen LogP contribution in [0.25, 0.3) is 0 Å². The molecule has 1 N–H and O–H groups in total. The maximum Gasteiger partial charge on any atom is 0.342 e. The highest BCUT2D eigenvalue weighted by Gasteiger charge is 2.32. The van der Waals surface area contributed by atoms with E-state index in [-0.39, 0.29) is 29.2 Å². The summed E-state index contributed by atoms with van der Waals surface area (Å²) in [5, 5.41) is 9.78. The SMILES string of the molecule is COc1c(C)c(O)c(C=O)c2c1C(=O)OC2. The van der Waals surface area contributed by atoms with E-state index < -0.39 is 5.97 Å². The van der Waals surface area contributed by atoms with E-state index in [2.05, 4.69) is 0 Å². The summed E-state index contributed by atoms with van der Waals surface area (Å²) in [6.45, 7) is 1.57. The zero-order valence-electron chi connectivity index (χ0n) is 8.86. The number of aldehydes is 1. The van der Waals surface area contributed by atoms with E-state index in [1.54, 1.807) is 6.92 Å². The predicted molar refractivity (Wildman–Crippen MR) is 53.9 cm³/mol. The predicted octanol–water partition coefficient (Wildman–Crippen LogP) is 1.19. The van der Waals surface area contributed by atoms with Crippen LogP contribution in [0.2, 0.25) is 0 Å². The molecule has 2 rings (SSSR count). The molecule has 0 aliphatic carbocycles. The van der Waals surface area contributed by atoms with Crippen LogP contribution in [0, 0.1) is 6.92 Å². The van der Waals surface area contributed by atoms with Crippen LogP contribution in [0.1, 0.15) is 31.8 Å². The van der Waals surface area contributed by atoms with Crippen molar-refractivity contribution in [3.63, 3.8) is 0 Å². The first-order valence-electron chi connectivity index (χ1n) is 4.66. The fourth-order valence-corrected chi connectivity index (χ4v) is 1.87. The molecule has 0 spiro atoms. The Morgan fingerprint density at radius 2 is 2.19 bits per heavy atom. The lowest BCUT2D eigenvalue weighted by Crippen LogP contribution is -2.03. The fraction of sp³-hybridized carbons (Fsp3) is 0.273. The van der Waals surface area contributed by atoms with Crippen molar-refractivity contribution in [1.82, 2.24) is 0 Å². The summed E-state index contributed by atoms with van der Waals surface area (Å²) in [5.74, 6) is -0.428. The topological polar surface area (TPSA) is 72.8 Å². The van der Waals surface area contributed by atoms with Crippen LogP contribution in [-0.4, -0.2) is 24.5 Å². The molecule has 0 unspecified atom stereocenters.